The lowest BCUT2D eigenvalue weighted by atomic mass is 10.1. The first-order valence-electron chi connectivity index (χ1n) is 5.71. The Hall–Kier alpha value is -1.78. The molecule has 1 aliphatic carbocycles. The maximum Gasteiger partial charge on any atom is 0.292 e. The fourth-order valence-electron chi connectivity index (χ4n) is 2.60. The Morgan fingerprint density at radius 2 is 2.05 bits per heavy atom. The fourth-order valence-corrected chi connectivity index (χ4v) is 2.94. The van der Waals surface area contributed by atoms with Crippen molar-refractivity contribution < 1.29 is 0 Å². The van der Waals surface area contributed by atoms with Crippen LogP contribution in [0.1, 0.15) is 11.3 Å². The summed E-state index contributed by atoms with van der Waals surface area (Å²) in [6.07, 6.45) is 4.11. The van der Waals surface area contributed by atoms with Gasteiger partial charge in [-0.15, -0.1) is 0 Å². The Balaban J connectivity index is 2.12. The predicted molar refractivity (Wildman–Crippen MR) is 74.1 cm³/mol. The number of aromatic amines is 1. The van der Waals surface area contributed by atoms with E-state index in [9.17, 15) is 4.79 Å². The third-order valence-electron chi connectivity index (χ3n) is 3.44. The van der Waals surface area contributed by atoms with Crippen molar-refractivity contribution >= 4 is 28.8 Å². The molecular weight excluding hydrogens is 285 g/mol. The minimum atomic E-state index is -0.206. The molecule has 2 heterocycles. The van der Waals surface area contributed by atoms with E-state index >= 15 is 0 Å². The van der Waals surface area contributed by atoms with E-state index in [1.807, 2.05) is 10.5 Å². The number of nitrogens with zero attached hydrogens (tertiary/aromatic N) is 2. The number of halogens is 2. The van der Waals surface area contributed by atoms with Crippen LogP contribution in [0.2, 0.25) is 10.0 Å². The number of aromatic nitrogens is 3. The molecule has 1 aromatic carbocycles. The van der Waals surface area contributed by atoms with Crippen molar-refractivity contribution in [1.82, 2.24) is 14.4 Å². The summed E-state index contributed by atoms with van der Waals surface area (Å²) in [5.74, 6) is 0. The molecular formula is C13H7Cl2N3O. The lowest BCUT2D eigenvalue weighted by Gasteiger charge is -2.04. The maximum atomic E-state index is 12.0. The van der Waals surface area contributed by atoms with E-state index in [1.54, 1.807) is 18.5 Å². The topological polar surface area (TPSA) is 50.2 Å². The summed E-state index contributed by atoms with van der Waals surface area (Å²) < 4.78 is 1.82. The van der Waals surface area contributed by atoms with Crippen LogP contribution in [0.3, 0.4) is 0 Å². The highest BCUT2D eigenvalue weighted by Gasteiger charge is 2.24. The standard InChI is InChI=1S/C13H7Cl2N3O/c14-8-3-6-4-10-11(7(6)5-9(8)15)17-13(19)12-16-1-2-18(10)12/h1-3,5H,4H2,(H,17,19). The van der Waals surface area contributed by atoms with Crippen LogP contribution in [0.25, 0.3) is 16.9 Å². The molecule has 0 unspecified atom stereocenters. The van der Waals surface area contributed by atoms with Gasteiger partial charge in [-0.2, -0.15) is 0 Å². The van der Waals surface area contributed by atoms with Gasteiger partial charge in [0, 0.05) is 24.4 Å². The normalized spacial score (nSPS) is 12.7. The summed E-state index contributed by atoms with van der Waals surface area (Å²) in [7, 11) is 0. The number of hydrogen-bond donors (Lipinski definition) is 1. The third-order valence-corrected chi connectivity index (χ3v) is 4.16. The molecule has 94 valence electrons. The molecule has 6 heteroatoms. The van der Waals surface area contributed by atoms with E-state index in [-0.39, 0.29) is 5.56 Å². The van der Waals surface area contributed by atoms with E-state index in [4.69, 9.17) is 23.2 Å². The molecule has 2 aromatic heterocycles. The second-order valence-electron chi connectivity index (χ2n) is 4.50. The van der Waals surface area contributed by atoms with E-state index in [1.165, 1.54) is 0 Å². The van der Waals surface area contributed by atoms with Crippen LogP contribution in [0, 0.1) is 0 Å². The molecule has 0 aliphatic heterocycles. The van der Waals surface area contributed by atoms with Gasteiger partial charge in [-0.25, -0.2) is 4.98 Å². The molecule has 0 atom stereocenters. The zero-order valence-corrected chi connectivity index (χ0v) is 11.1. The monoisotopic (exact) mass is 291 g/mol. The minimum Gasteiger partial charge on any atom is -0.317 e. The summed E-state index contributed by atoms with van der Waals surface area (Å²) in [6, 6.07) is 3.64. The summed E-state index contributed by atoms with van der Waals surface area (Å²) in [5, 5.41) is 1.01. The van der Waals surface area contributed by atoms with Crippen LogP contribution in [-0.2, 0) is 6.42 Å². The first-order chi connectivity index (χ1) is 9.15. The van der Waals surface area contributed by atoms with Gasteiger partial charge in [0.25, 0.3) is 5.56 Å². The SMILES string of the molecule is O=c1[nH]c2c(n3ccnc13)Cc1cc(Cl)c(Cl)cc1-2. The Bertz CT molecular complexity index is 895. The highest BCUT2D eigenvalue weighted by Crippen LogP contribution is 2.38. The highest BCUT2D eigenvalue weighted by molar-refractivity contribution is 6.42. The van der Waals surface area contributed by atoms with Crippen molar-refractivity contribution in [2.24, 2.45) is 0 Å². The zero-order valence-electron chi connectivity index (χ0n) is 9.58. The first kappa shape index (κ1) is 11.1. The van der Waals surface area contributed by atoms with Crippen LogP contribution >= 0.6 is 23.2 Å². The van der Waals surface area contributed by atoms with Gasteiger partial charge in [0.2, 0.25) is 5.65 Å². The molecule has 19 heavy (non-hydrogen) atoms. The van der Waals surface area contributed by atoms with Crippen molar-refractivity contribution in [1.29, 1.82) is 0 Å². The van der Waals surface area contributed by atoms with Crippen molar-refractivity contribution in [2.45, 2.75) is 6.42 Å². The van der Waals surface area contributed by atoms with Gasteiger partial charge in [-0.05, 0) is 17.7 Å². The zero-order chi connectivity index (χ0) is 13.1. The molecule has 1 N–H and O–H groups in total. The average molecular weight is 292 g/mol. The largest absolute Gasteiger partial charge is 0.317 e. The van der Waals surface area contributed by atoms with Gasteiger partial charge in [0.1, 0.15) is 0 Å². The van der Waals surface area contributed by atoms with E-state index in [2.05, 4.69) is 9.97 Å². The Kier molecular flexibility index (Phi) is 2.11. The third kappa shape index (κ3) is 1.41. The van der Waals surface area contributed by atoms with E-state index < -0.39 is 0 Å². The summed E-state index contributed by atoms with van der Waals surface area (Å²) in [6.45, 7) is 0. The molecule has 0 amide bonds. The molecule has 0 saturated heterocycles. The van der Waals surface area contributed by atoms with Crippen LogP contribution in [0.15, 0.2) is 29.3 Å². The molecule has 4 nitrogen and oxygen atoms in total. The van der Waals surface area contributed by atoms with Crippen LogP contribution in [0.4, 0.5) is 0 Å². The average Bonchev–Trinajstić information content (AvgIpc) is 2.96. The number of H-pyrrole nitrogens is 1. The maximum absolute atomic E-state index is 12.0. The molecule has 4 rings (SSSR count). The van der Waals surface area contributed by atoms with Gasteiger partial charge in [-0.3, -0.25) is 9.20 Å². The van der Waals surface area contributed by atoms with E-state index in [0.717, 1.165) is 22.5 Å². The Labute approximate surface area is 117 Å². The molecule has 0 spiro atoms. The van der Waals surface area contributed by atoms with Crippen molar-refractivity contribution in [2.75, 3.05) is 0 Å². The number of hydrogen-bond acceptors (Lipinski definition) is 2. The van der Waals surface area contributed by atoms with Crippen molar-refractivity contribution in [3.8, 4) is 11.3 Å². The number of benzene rings is 1. The molecule has 1 aliphatic rings. The first-order valence-corrected chi connectivity index (χ1v) is 6.47. The van der Waals surface area contributed by atoms with Gasteiger partial charge >= 0.3 is 0 Å². The smallest absolute Gasteiger partial charge is 0.292 e. The summed E-state index contributed by atoms with van der Waals surface area (Å²) in [4.78, 5) is 18.9. The van der Waals surface area contributed by atoms with Crippen LogP contribution < -0.4 is 5.56 Å². The summed E-state index contributed by atoms with van der Waals surface area (Å²) >= 11 is 12.1. The van der Waals surface area contributed by atoms with Gasteiger partial charge < -0.3 is 4.98 Å². The lowest BCUT2D eigenvalue weighted by molar-refractivity contribution is 1.00. The quantitative estimate of drug-likeness (QED) is 0.542. The Morgan fingerprint density at radius 3 is 2.89 bits per heavy atom. The molecule has 3 aromatic rings. The van der Waals surface area contributed by atoms with Gasteiger partial charge in [0.05, 0.1) is 21.4 Å². The highest BCUT2D eigenvalue weighted by atomic mass is 35.5. The fraction of sp³-hybridized carbons (Fsp3) is 0.0769. The lowest BCUT2D eigenvalue weighted by Crippen LogP contribution is -2.13. The molecule has 0 fully saturated rings. The molecule has 0 radical (unpaired) electrons. The second kappa shape index (κ2) is 3.62. The van der Waals surface area contributed by atoms with E-state index in [0.29, 0.717) is 22.1 Å². The number of fused-ring (bicyclic) bond motifs is 5. The van der Waals surface area contributed by atoms with Crippen molar-refractivity contribution in [3.63, 3.8) is 0 Å². The number of rotatable bonds is 0. The van der Waals surface area contributed by atoms with Crippen molar-refractivity contribution in [3.05, 3.63) is 56.2 Å². The Morgan fingerprint density at radius 1 is 1.26 bits per heavy atom. The van der Waals surface area contributed by atoms with Crippen LogP contribution in [0.5, 0.6) is 0 Å². The summed E-state index contributed by atoms with van der Waals surface area (Å²) in [5.41, 5.74) is 3.98. The van der Waals surface area contributed by atoms with Crippen LogP contribution in [-0.4, -0.2) is 14.4 Å². The molecule has 0 saturated carbocycles. The predicted octanol–water partition coefficient (Wildman–Crippen LogP) is 2.90. The van der Waals surface area contributed by atoms with Gasteiger partial charge in [0.15, 0.2) is 0 Å². The number of imidazole rings is 1. The minimum absolute atomic E-state index is 0.206. The second-order valence-corrected chi connectivity index (χ2v) is 5.31. The number of nitrogens with one attached hydrogen (secondary N) is 1. The molecule has 0 bridgehead atoms. The van der Waals surface area contributed by atoms with Gasteiger partial charge in [-0.1, -0.05) is 23.2 Å².